The molecule has 1 amide bonds. The van der Waals surface area contributed by atoms with Crippen molar-refractivity contribution in [3.05, 3.63) is 35.9 Å². The van der Waals surface area contributed by atoms with Crippen molar-refractivity contribution in [2.75, 3.05) is 14.2 Å². The van der Waals surface area contributed by atoms with E-state index in [4.69, 9.17) is 9.47 Å². The van der Waals surface area contributed by atoms with Crippen molar-refractivity contribution in [1.82, 2.24) is 5.32 Å². The highest BCUT2D eigenvalue weighted by atomic mass is 16.5. The number of hydrogen-bond donors (Lipinski definition) is 1. The maximum absolute atomic E-state index is 13.0. The lowest BCUT2D eigenvalue weighted by atomic mass is 9.79. The summed E-state index contributed by atoms with van der Waals surface area (Å²) in [4.78, 5) is 13.0. The highest BCUT2D eigenvalue weighted by molar-refractivity contribution is 5.95. The van der Waals surface area contributed by atoms with Crippen LogP contribution in [0.3, 0.4) is 0 Å². The zero-order valence-corrected chi connectivity index (χ0v) is 15.8. The standard InChI is InChI=1S/C22H29NO3/c1-4-6-13-9-15(12-20(25-2)21(13)26-3)22(24)23-19-11-14-10-18(19)17-8-5-7-16(14)17/h4,9,12,14,16-19H,1,5-8,10-11H2,2-3H3,(H,23,24). The smallest absolute Gasteiger partial charge is 0.251 e. The summed E-state index contributed by atoms with van der Waals surface area (Å²) in [6, 6.07) is 4.03. The summed E-state index contributed by atoms with van der Waals surface area (Å²) < 4.78 is 10.9. The summed E-state index contributed by atoms with van der Waals surface area (Å²) in [5.74, 6) is 4.58. The molecule has 26 heavy (non-hydrogen) atoms. The van der Waals surface area contributed by atoms with Gasteiger partial charge in [-0.3, -0.25) is 4.79 Å². The molecular formula is C22H29NO3. The second kappa shape index (κ2) is 6.98. The molecule has 1 aromatic rings. The molecule has 4 rings (SSSR count). The summed E-state index contributed by atoms with van der Waals surface area (Å²) in [6.07, 6.45) is 9.07. The molecule has 3 aliphatic carbocycles. The molecular weight excluding hydrogens is 326 g/mol. The number of rotatable bonds is 6. The molecule has 5 atom stereocenters. The van der Waals surface area contributed by atoms with Crippen LogP contribution < -0.4 is 14.8 Å². The van der Waals surface area contributed by atoms with E-state index in [1.54, 1.807) is 20.3 Å². The van der Waals surface area contributed by atoms with Crippen molar-refractivity contribution in [2.24, 2.45) is 23.7 Å². The predicted molar refractivity (Wildman–Crippen MR) is 102 cm³/mol. The maximum atomic E-state index is 13.0. The third kappa shape index (κ3) is 2.80. The largest absolute Gasteiger partial charge is 0.493 e. The van der Waals surface area contributed by atoms with Crippen molar-refractivity contribution in [1.29, 1.82) is 0 Å². The lowest BCUT2D eigenvalue weighted by molar-refractivity contribution is 0.0900. The molecule has 5 unspecified atom stereocenters. The second-order valence-corrected chi connectivity index (χ2v) is 8.10. The Morgan fingerprint density at radius 2 is 2.00 bits per heavy atom. The molecule has 0 spiro atoms. The van der Waals surface area contributed by atoms with Crippen LogP contribution >= 0.6 is 0 Å². The predicted octanol–water partition coefficient (Wildman–Crippen LogP) is 3.99. The molecule has 2 bridgehead atoms. The van der Waals surface area contributed by atoms with Gasteiger partial charge in [-0.1, -0.05) is 12.5 Å². The van der Waals surface area contributed by atoms with Crippen LogP contribution in [0, 0.1) is 23.7 Å². The van der Waals surface area contributed by atoms with Crippen LogP contribution in [0.4, 0.5) is 0 Å². The van der Waals surface area contributed by atoms with Gasteiger partial charge in [0.2, 0.25) is 0 Å². The lowest BCUT2D eigenvalue weighted by Gasteiger charge is -2.32. The Kier molecular flexibility index (Phi) is 4.68. The summed E-state index contributed by atoms with van der Waals surface area (Å²) in [5, 5.41) is 3.34. The number of fused-ring (bicyclic) bond motifs is 5. The SMILES string of the molecule is C=CCc1cc(C(=O)NC2CC3CC2C2CCCC32)cc(OC)c1OC. The van der Waals surface area contributed by atoms with Crippen LogP contribution in [0.25, 0.3) is 0 Å². The first kappa shape index (κ1) is 17.4. The fourth-order valence-corrected chi connectivity index (χ4v) is 5.97. The minimum absolute atomic E-state index is 0.00311. The second-order valence-electron chi connectivity index (χ2n) is 8.10. The van der Waals surface area contributed by atoms with Crippen molar-refractivity contribution in [3.8, 4) is 11.5 Å². The molecule has 3 fully saturated rings. The van der Waals surface area contributed by atoms with Gasteiger partial charge in [-0.15, -0.1) is 6.58 Å². The molecule has 1 aromatic carbocycles. The maximum Gasteiger partial charge on any atom is 0.251 e. The van der Waals surface area contributed by atoms with Crippen molar-refractivity contribution in [3.63, 3.8) is 0 Å². The molecule has 4 nitrogen and oxygen atoms in total. The van der Waals surface area contributed by atoms with Gasteiger partial charge in [-0.05, 0) is 67.9 Å². The average Bonchev–Trinajstić information content (AvgIpc) is 3.34. The van der Waals surface area contributed by atoms with Gasteiger partial charge in [0.25, 0.3) is 5.91 Å². The third-order valence-corrected chi connectivity index (χ3v) is 6.93. The van der Waals surface area contributed by atoms with Gasteiger partial charge in [-0.25, -0.2) is 0 Å². The molecule has 0 radical (unpaired) electrons. The molecule has 0 aliphatic heterocycles. The molecule has 3 saturated carbocycles. The summed E-state index contributed by atoms with van der Waals surface area (Å²) in [5.41, 5.74) is 1.57. The number of benzene rings is 1. The number of hydrogen-bond acceptors (Lipinski definition) is 3. The van der Waals surface area contributed by atoms with Crippen molar-refractivity contribution < 1.29 is 14.3 Å². The molecule has 3 aliphatic rings. The normalized spacial score (nSPS) is 31.5. The Bertz CT molecular complexity index is 714. The minimum atomic E-state index is 0.00311. The highest BCUT2D eigenvalue weighted by Crippen LogP contribution is 2.58. The summed E-state index contributed by atoms with van der Waals surface area (Å²) in [7, 11) is 3.23. The number of carbonyl (C=O) groups excluding carboxylic acids is 1. The van der Waals surface area contributed by atoms with Gasteiger partial charge >= 0.3 is 0 Å². The van der Waals surface area contributed by atoms with Crippen molar-refractivity contribution >= 4 is 5.91 Å². The van der Waals surface area contributed by atoms with Crippen LogP contribution in [0.2, 0.25) is 0 Å². The zero-order valence-electron chi connectivity index (χ0n) is 15.8. The van der Waals surface area contributed by atoms with E-state index in [0.717, 1.165) is 29.7 Å². The quantitative estimate of drug-likeness (QED) is 0.785. The van der Waals surface area contributed by atoms with E-state index in [1.807, 2.05) is 12.1 Å². The van der Waals surface area contributed by atoms with Crippen LogP contribution in [0.5, 0.6) is 11.5 Å². The van der Waals surface area contributed by atoms with Crippen LogP contribution in [0.15, 0.2) is 24.8 Å². The number of allylic oxidation sites excluding steroid dienone is 1. The third-order valence-electron chi connectivity index (χ3n) is 6.93. The van der Waals surface area contributed by atoms with E-state index in [-0.39, 0.29) is 5.91 Å². The number of ether oxygens (including phenoxy) is 2. The van der Waals surface area contributed by atoms with Gasteiger partial charge in [-0.2, -0.15) is 0 Å². The Balaban J connectivity index is 1.53. The highest BCUT2D eigenvalue weighted by Gasteiger charge is 2.54. The zero-order chi connectivity index (χ0) is 18.3. The topological polar surface area (TPSA) is 47.6 Å². The molecule has 1 N–H and O–H groups in total. The summed E-state index contributed by atoms with van der Waals surface area (Å²) in [6.45, 7) is 3.80. The van der Waals surface area contributed by atoms with E-state index in [2.05, 4.69) is 11.9 Å². The van der Waals surface area contributed by atoms with E-state index < -0.39 is 0 Å². The van der Waals surface area contributed by atoms with Gasteiger partial charge in [0.15, 0.2) is 11.5 Å². The first-order chi connectivity index (χ1) is 12.7. The first-order valence-electron chi connectivity index (χ1n) is 9.83. The van der Waals surface area contributed by atoms with E-state index in [0.29, 0.717) is 35.4 Å². The van der Waals surface area contributed by atoms with Crippen LogP contribution in [-0.2, 0) is 6.42 Å². The summed E-state index contributed by atoms with van der Waals surface area (Å²) >= 11 is 0. The fourth-order valence-electron chi connectivity index (χ4n) is 5.97. The van der Waals surface area contributed by atoms with Gasteiger partial charge in [0, 0.05) is 17.2 Å². The monoisotopic (exact) mass is 355 g/mol. The van der Waals surface area contributed by atoms with E-state index >= 15 is 0 Å². The molecule has 0 aromatic heterocycles. The molecule has 0 saturated heterocycles. The Morgan fingerprint density at radius 1 is 1.19 bits per heavy atom. The Morgan fingerprint density at radius 3 is 2.73 bits per heavy atom. The minimum Gasteiger partial charge on any atom is -0.493 e. The van der Waals surface area contributed by atoms with Gasteiger partial charge in [0.1, 0.15) is 0 Å². The molecule has 4 heteroatoms. The fraction of sp³-hybridized carbons (Fsp3) is 0.591. The van der Waals surface area contributed by atoms with Crippen molar-refractivity contribution in [2.45, 2.75) is 44.6 Å². The number of amides is 1. The number of carbonyl (C=O) groups is 1. The van der Waals surface area contributed by atoms with Crippen LogP contribution in [-0.4, -0.2) is 26.2 Å². The molecule has 140 valence electrons. The van der Waals surface area contributed by atoms with E-state index in [9.17, 15) is 4.79 Å². The van der Waals surface area contributed by atoms with Gasteiger partial charge in [0.05, 0.1) is 14.2 Å². The van der Waals surface area contributed by atoms with Crippen LogP contribution in [0.1, 0.15) is 48.0 Å². The Hall–Kier alpha value is -1.97. The lowest BCUT2D eigenvalue weighted by Crippen LogP contribution is -2.42. The number of methoxy groups -OCH3 is 2. The van der Waals surface area contributed by atoms with Gasteiger partial charge < -0.3 is 14.8 Å². The average molecular weight is 355 g/mol. The molecule has 0 heterocycles. The number of nitrogens with one attached hydrogen (secondary N) is 1. The van der Waals surface area contributed by atoms with E-state index in [1.165, 1.54) is 25.7 Å². The first-order valence-corrected chi connectivity index (χ1v) is 9.83. The Labute approximate surface area is 156 Å².